The Hall–Kier alpha value is -2.23. The molecule has 0 atom stereocenters. The van der Waals surface area contributed by atoms with Crippen LogP contribution >= 0.6 is 11.8 Å². The summed E-state index contributed by atoms with van der Waals surface area (Å²) >= 11 is 1.27. The zero-order valence-electron chi connectivity index (χ0n) is 12.1. The van der Waals surface area contributed by atoms with E-state index in [1.165, 1.54) is 35.6 Å². The highest BCUT2D eigenvalue weighted by Crippen LogP contribution is 2.19. The Balaban J connectivity index is 1.57. The summed E-state index contributed by atoms with van der Waals surface area (Å²) in [5, 5.41) is 14.4. The number of nitrogens with zero attached hydrogens (tertiary/aromatic N) is 7. The first-order valence-corrected chi connectivity index (χ1v) is 7.93. The Bertz CT molecular complexity index is 654. The van der Waals surface area contributed by atoms with Gasteiger partial charge in [0, 0.05) is 26.2 Å². The Morgan fingerprint density at radius 1 is 1.36 bits per heavy atom. The summed E-state index contributed by atoms with van der Waals surface area (Å²) in [6.07, 6.45) is 3.82. The fourth-order valence-electron chi connectivity index (χ4n) is 2.19. The van der Waals surface area contributed by atoms with Crippen molar-refractivity contribution in [2.75, 3.05) is 29.1 Å². The van der Waals surface area contributed by atoms with Crippen molar-refractivity contribution >= 4 is 29.3 Å². The molecule has 0 radical (unpaired) electrons. The summed E-state index contributed by atoms with van der Waals surface area (Å²) in [5.74, 6) is 1.43. The lowest BCUT2D eigenvalue weighted by Crippen LogP contribution is -2.20. The summed E-state index contributed by atoms with van der Waals surface area (Å²) in [7, 11) is 1.73. The standard InChI is InChI=1S/C12H16N8OS/c1-19-12(16-17-18-19)22-7-11(21)15-9-6-10(14-8-13-9)20-4-2-3-5-20/h6,8H,2-5,7H2,1H3,(H,13,14,15,21). The molecule has 0 aliphatic carbocycles. The molecule has 22 heavy (non-hydrogen) atoms. The lowest BCUT2D eigenvalue weighted by Gasteiger charge is -2.16. The molecule has 116 valence electrons. The highest BCUT2D eigenvalue weighted by atomic mass is 32.2. The number of hydrogen-bond donors (Lipinski definition) is 1. The number of amides is 1. The number of rotatable bonds is 5. The van der Waals surface area contributed by atoms with Crippen molar-refractivity contribution in [2.45, 2.75) is 18.0 Å². The van der Waals surface area contributed by atoms with Crippen molar-refractivity contribution in [3.63, 3.8) is 0 Å². The molecule has 0 unspecified atom stereocenters. The maximum absolute atomic E-state index is 12.0. The number of thioether (sulfide) groups is 1. The van der Waals surface area contributed by atoms with Gasteiger partial charge >= 0.3 is 0 Å². The molecule has 0 bridgehead atoms. The van der Waals surface area contributed by atoms with Crippen LogP contribution in [0, 0.1) is 0 Å². The molecule has 1 aliphatic heterocycles. The number of carbonyl (C=O) groups excluding carboxylic acids is 1. The van der Waals surface area contributed by atoms with Gasteiger partial charge in [-0.2, -0.15) is 0 Å². The summed E-state index contributed by atoms with van der Waals surface area (Å²) in [6.45, 7) is 2.00. The lowest BCUT2D eigenvalue weighted by atomic mass is 10.4. The molecular formula is C12H16N8OS. The molecule has 0 saturated carbocycles. The van der Waals surface area contributed by atoms with E-state index in [1.807, 2.05) is 0 Å². The van der Waals surface area contributed by atoms with Gasteiger partial charge in [-0.05, 0) is 23.3 Å². The Labute approximate surface area is 131 Å². The smallest absolute Gasteiger partial charge is 0.236 e. The second-order valence-electron chi connectivity index (χ2n) is 4.88. The fourth-order valence-corrected chi connectivity index (χ4v) is 2.84. The van der Waals surface area contributed by atoms with Gasteiger partial charge in [-0.3, -0.25) is 4.79 Å². The van der Waals surface area contributed by atoms with Crippen molar-refractivity contribution in [1.29, 1.82) is 0 Å². The second kappa shape index (κ2) is 6.69. The van der Waals surface area contributed by atoms with Crippen LogP contribution in [0.5, 0.6) is 0 Å². The molecule has 2 aromatic heterocycles. The molecule has 2 aromatic rings. The first kappa shape index (κ1) is 14.7. The van der Waals surface area contributed by atoms with E-state index in [1.54, 1.807) is 13.1 Å². The van der Waals surface area contributed by atoms with E-state index in [9.17, 15) is 4.79 Å². The number of anilines is 2. The SMILES string of the molecule is Cn1nnnc1SCC(=O)Nc1cc(N2CCCC2)ncn1. The van der Waals surface area contributed by atoms with Gasteiger partial charge in [0.1, 0.15) is 18.0 Å². The minimum Gasteiger partial charge on any atom is -0.356 e. The average Bonchev–Trinajstić information content (AvgIpc) is 3.17. The third kappa shape index (κ3) is 3.50. The highest BCUT2D eigenvalue weighted by Gasteiger charge is 2.15. The van der Waals surface area contributed by atoms with E-state index in [0.717, 1.165) is 18.9 Å². The van der Waals surface area contributed by atoms with Crippen LogP contribution < -0.4 is 10.2 Å². The van der Waals surface area contributed by atoms with Crippen molar-refractivity contribution < 1.29 is 4.79 Å². The van der Waals surface area contributed by atoms with Gasteiger partial charge in [0.2, 0.25) is 11.1 Å². The third-order valence-corrected chi connectivity index (χ3v) is 4.27. The maximum atomic E-state index is 12.0. The predicted octanol–water partition coefficient (Wildman–Crippen LogP) is 0.331. The zero-order chi connectivity index (χ0) is 15.4. The number of carbonyl (C=O) groups is 1. The Morgan fingerprint density at radius 2 is 2.18 bits per heavy atom. The summed E-state index contributed by atoms with van der Waals surface area (Å²) in [4.78, 5) is 22.5. The largest absolute Gasteiger partial charge is 0.356 e. The average molecular weight is 320 g/mol. The van der Waals surface area contributed by atoms with Gasteiger partial charge in [0.25, 0.3) is 0 Å². The molecule has 1 saturated heterocycles. The van der Waals surface area contributed by atoms with Crippen molar-refractivity contribution in [3.05, 3.63) is 12.4 Å². The summed E-state index contributed by atoms with van der Waals surface area (Å²) < 4.78 is 1.52. The molecule has 9 nitrogen and oxygen atoms in total. The molecule has 0 aromatic carbocycles. The normalized spacial score (nSPS) is 14.3. The number of tetrazole rings is 1. The summed E-state index contributed by atoms with van der Waals surface area (Å²) in [6, 6.07) is 1.80. The van der Waals surface area contributed by atoms with Crippen LogP contribution in [0.4, 0.5) is 11.6 Å². The van der Waals surface area contributed by atoms with E-state index < -0.39 is 0 Å². The Morgan fingerprint density at radius 3 is 2.91 bits per heavy atom. The first-order valence-electron chi connectivity index (χ1n) is 6.94. The second-order valence-corrected chi connectivity index (χ2v) is 5.82. The predicted molar refractivity (Wildman–Crippen MR) is 81.6 cm³/mol. The van der Waals surface area contributed by atoms with Crippen molar-refractivity contribution in [2.24, 2.45) is 7.05 Å². The van der Waals surface area contributed by atoms with E-state index >= 15 is 0 Å². The summed E-state index contributed by atoms with van der Waals surface area (Å²) in [5.41, 5.74) is 0. The molecule has 1 amide bonds. The minimum atomic E-state index is -0.154. The highest BCUT2D eigenvalue weighted by molar-refractivity contribution is 7.99. The maximum Gasteiger partial charge on any atom is 0.236 e. The molecule has 1 N–H and O–H groups in total. The van der Waals surface area contributed by atoms with Crippen LogP contribution in [-0.2, 0) is 11.8 Å². The molecule has 1 aliphatic rings. The lowest BCUT2D eigenvalue weighted by molar-refractivity contribution is -0.113. The molecular weight excluding hydrogens is 304 g/mol. The minimum absolute atomic E-state index is 0.154. The van der Waals surface area contributed by atoms with Crippen LogP contribution in [0.2, 0.25) is 0 Å². The van der Waals surface area contributed by atoms with Crippen LogP contribution in [0.15, 0.2) is 17.6 Å². The molecule has 0 spiro atoms. The quantitative estimate of drug-likeness (QED) is 0.787. The van der Waals surface area contributed by atoms with Gasteiger partial charge in [-0.25, -0.2) is 14.6 Å². The monoisotopic (exact) mass is 320 g/mol. The van der Waals surface area contributed by atoms with Crippen LogP contribution in [-0.4, -0.2) is 54.9 Å². The van der Waals surface area contributed by atoms with Gasteiger partial charge in [0.05, 0.1) is 5.75 Å². The zero-order valence-corrected chi connectivity index (χ0v) is 13.0. The molecule has 10 heteroatoms. The van der Waals surface area contributed by atoms with Crippen molar-refractivity contribution in [1.82, 2.24) is 30.2 Å². The number of hydrogen-bond acceptors (Lipinski definition) is 8. The molecule has 1 fully saturated rings. The van der Waals surface area contributed by atoms with E-state index in [4.69, 9.17) is 0 Å². The van der Waals surface area contributed by atoms with Gasteiger partial charge < -0.3 is 10.2 Å². The van der Waals surface area contributed by atoms with E-state index in [-0.39, 0.29) is 11.7 Å². The van der Waals surface area contributed by atoms with Crippen molar-refractivity contribution in [3.8, 4) is 0 Å². The first-order chi connectivity index (χ1) is 10.7. The Kier molecular flexibility index (Phi) is 4.47. The number of nitrogens with one attached hydrogen (secondary N) is 1. The topological polar surface area (TPSA) is 102 Å². The van der Waals surface area contributed by atoms with E-state index in [2.05, 4.69) is 35.7 Å². The van der Waals surface area contributed by atoms with E-state index in [0.29, 0.717) is 11.0 Å². The molecule has 3 heterocycles. The van der Waals surface area contributed by atoms with Crippen LogP contribution in [0.25, 0.3) is 0 Å². The van der Waals surface area contributed by atoms with Crippen LogP contribution in [0.1, 0.15) is 12.8 Å². The number of aromatic nitrogens is 6. The van der Waals surface area contributed by atoms with Gasteiger partial charge in [-0.1, -0.05) is 11.8 Å². The fraction of sp³-hybridized carbons (Fsp3) is 0.500. The number of aryl methyl sites for hydroxylation is 1. The third-order valence-electron chi connectivity index (χ3n) is 3.26. The van der Waals surface area contributed by atoms with Crippen LogP contribution in [0.3, 0.4) is 0 Å². The van der Waals surface area contributed by atoms with Gasteiger partial charge in [-0.15, -0.1) is 5.10 Å². The molecule has 3 rings (SSSR count). The van der Waals surface area contributed by atoms with Gasteiger partial charge in [0.15, 0.2) is 0 Å².